The first-order valence-corrected chi connectivity index (χ1v) is 16.9. The van der Waals surface area contributed by atoms with Gasteiger partial charge in [-0.2, -0.15) is 4.31 Å². The summed E-state index contributed by atoms with van der Waals surface area (Å²) in [5.41, 5.74) is 0.714. The van der Waals surface area contributed by atoms with Gasteiger partial charge in [-0.3, -0.25) is 9.52 Å². The molecule has 2 aromatic heterocycles. The third-order valence-corrected chi connectivity index (χ3v) is 12.5. The number of carbonyl (C=O) groups excluding carboxylic acids is 1. The molecule has 0 fully saturated rings. The zero-order chi connectivity index (χ0) is 28.4. The average molecular weight is 614 g/mol. The SMILES string of the molecule is C[C@@H]1CN([C@H](C)CO)C(=O)Cc2cc(NS(=O)(=O)c3cccs3)ccc2O[C@@H]1CN(C)S(=O)(=O)c1cccs1. The molecule has 0 spiro atoms. The molecular weight excluding hydrogens is 583 g/mol. The van der Waals surface area contributed by atoms with Gasteiger partial charge in [-0.15, -0.1) is 22.7 Å². The Labute approximate surface area is 236 Å². The summed E-state index contributed by atoms with van der Waals surface area (Å²) in [6.07, 6.45) is -0.728. The van der Waals surface area contributed by atoms with Crippen LogP contribution in [-0.2, 0) is 31.3 Å². The van der Waals surface area contributed by atoms with Crippen molar-refractivity contribution < 1.29 is 31.5 Å². The smallest absolute Gasteiger partial charge is 0.271 e. The summed E-state index contributed by atoms with van der Waals surface area (Å²) < 4.78 is 62.3. The van der Waals surface area contributed by atoms with E-state index in [1.807, 2.05) is 6.92 Å². The number of carbonyl (C=O) groups is 1. The van der Waals surface area contributed by atoms with Crippen molar-refractivity contribution in [2.75, 3.05) is 31.5 Å². The molecule has 3 atom stereocenters. The van der Waals surface area contributed by atoms with Crippen LogP contribution in [0.1, 0.15) is 19.4 Å². The number of nitrogens with zero attached hydrogens (tertiary/aromatic N) is 2. The molecule has 3 aromatic rings. The van der Waals surface area contributed by atoms with Crippen molar-refractivity contribution in [1.29, 1.82) is 0 Å². The summed E-state index contributed by atoms with van der Waals surface area (Å²) in [4.78, 5) is 14.9. The van der Waals surface area contributed by atoms with E-state index in [1.54, 1.807) is 59.0 Å². The van der Waals surface area contributed by atoms with Crippen LogP contribution in [0.2, 0.25) is 0 Å². The minimum Gasteiger partial charge on any atom is -0.488 e. The van der Waals surface area contributed by atoms with Crippen molar-refractivity contribution >= 4 is 54.3 Å². The van der Waals surface area contributed by atoms with Gasteiger partial charge in [-0.1, -0.05) is 19.1 Å². The van der Waals surface area contributed by atoms with E-state index in [2.05, 4.69) is 4.72 Å². The van der Waals surface area contributed by atoms with E-state index in [0.29, 0.717) is 11.3 Å². The number of benzene rings is 1. The van der Waals surface area contributed by atoms with Crippen LogP contribution >= 0.6 is 22.7 Å². The first kappa shape index (κ1) is 29.5. The molecule has 0 saturated carbocycles. The number of hydrogen-bond acceptors (Lipinski definition) is 9. The van der Waals surface area contributed by atoms with Gasteiger partial charge in [0, 0.05) is 30.8 Å². The molecule has 39 heavy (non-hydrogen) atoms. The fourth-order valence-corrected chi connectivity index (χ4v) is 8.67. The summed E-state index contributed by atoms with van der Waals surface area (Å²) in [5.74, 6) is -0.196. The highest BCUT2D eigenvalue weighted by molar-refractivity contribution is 7.94. The minimum absolute atomic E-state index is 0.0170. The lowest BCUT2D eigenvalue weighted by atomic mass is 10.0. The highest BCUT2D eigenvalue weighted by Gasteiger charge is 2.34. The second kappa shape index (κ2) is 11.9. The Balaban J connectivity index is 1.68. The third kappa shape index (κ3) is 6.64. The van der Waals surface area contributed by atoms with E-state index in [9.17, 15) is 26.7 Å². The number of nitrogens with one attached hydrogen (secondary N) is 1. The number of aliphatic hydroxyl groups is 1. The Kier molecular flexibility index (Phi) is 9.03. The van der Waals surface area contributed by atoms with Crippen LogP contribution in [0.15, 0.2) is 61.6 Å². The summed E-state index contributed by atoms with van der Waals surface area (Å²) in [6.45, 7) is 3.62. The molecule has 0 radical (unpaired) electrons. The molecule has 0 unspecified atom stereocenters. The van der Waals surface area contributed by atoms with E-state index >= 15 is 0 Å². The zero-order valence-electron chi connectivity index (χ0n) is 21.7. The maximum atomic E-state index is 13.4. The lowest BCUT2D eigenvalue weighted by molar-refractivity contribution is -0.134. The minimum atomic E-state index is -3.81. The Morgan fingerprint density at radius 2 is 1.79 bits per heavy atom. The monoisotopic (exact) mass is 613 g/mol. The number of hydrogen-bond donors (Lipinski definition) is 2. The largest absolute Gasteiger partial charge is 0.488 e. The number of likely N-dealkylation sites (N-methyl/N-ethyl adjacent to an activating group) is 1. The van der Waals surface area contributed by atoms with Gasteiger partial charge in [-0.25, -0.2) is 16.8 Å². The average Bonchev–Trinajstić information content (AvgIpc) is 3.62. The molecule has 0 aliphatic carbocycles. The standard InChI is InChI=1S/C25H31N3O7S4/c1-17-14-28(18(2)16-29)23(30)13-19-12-20(26-38(31,32)24-6-4-10-36-24)8-9-21(19)35-22(17)15-27(3)39(33,34)25-7-5-11-37-25/h4-12,17-18,22,26,29H,13-16H2,1-3H3/t17-,18-,22-/m1/s1. The summed E-state index contributed by atoms with van der Waals surface area (Å²) in [7, 11) is -6.07. The third-order valence-electron chi connectivity index (χ3n) is 6.53. The molecule has 3 heterocycles. The maximum absolute atomic E-state index is 13.4. The number of ether oxygens (including phenoxy) is 1. The summed E-state index contributed by atoms with van der Waals surface area (Å²) in [5, 5.41) is 13.2. The predicted molar refractivity (Wildman–Crippen MR) is 151 cm³/mol. The fraction of sp³-hybridized carbons (Fsp3) is 0.400. The number of amides is 1. The summed E-state index contributed by atoms with van der Waals surface area (Å²) >= 11 is 2.21. The van der Waals surface area contributed by atoms with Crippen molar-refractivity contribution in [1.82, 2.24) is 9.21 Å². The molecule has 4 rings (SSSR count). The van der Waals surface area contributed by atoms with Crippen LogP contribution in [0.3, 0.4) is 0 Å². The molecule has 1 aliphatic heterocycles. The van der Waals surface area contributed by atoms with Crippen LogP contribution in [0.5, 0.6) is 5.75 Å². The number of anilines is 1. The van der Waals surface area contributed by atoms with Crippen LogP contribution in [0.25, 0.3) is 0 Å². The Bertz CT molecular complexity index is 1490. The second-order valence-corrected chi connectivity index (χ2v) is 15.5. The first-order valence-electron chi connectivity index (χ1n) is 12.2. The van der Waals surface area contributed by atoms with E-state index in [-0.39, 0.29) is 52.0 Å². The number of aliphatic hydroxyl groups excluding tert-OH is 1. The van der Waals surface area contributed by atoms with Gasteiger partial charge in [-0.05, 0) is 48.0 Å². The lowest BCUT2D eigenvalue weighted by Gasteiger charge is -2.33. The second-order valence-electron chi connectivity index (χ2n) is 9.47. The zero-order valence-corrected chi connectivity index (χ0v) is 24.9. The van der Waals surface area contributed by atoms with Gasteiger partial charge in [0.05, 0.1) is 25.6 Å². The Hall–Kier alpha value is -2.49. The quantitative estimate of drug-likeness (QED) is 0.379. The predicted octanol–water partition coefficient (Wildman–Crippen LogP) is 3.08. The Morgan fingerprint density at radius 1 is 1.13 bits per heavy atom. The maximum Gasteiger partial charge on any atom is 0.271 e. The normalized spacial score (nSPS) is 19.5. The van der Waals surface area contributed by atoms with Crippen molar-refractivity contribution in [3.8, 4) is 5.75 Å². The van der Waals surface area contributed by atoms with Gasteiger partial charge in [0.25, 0.3) is 20.0 Å². The highest BCUT2D eigenvalue weighted by Crippen LogP contribution is 2.31. The molecule has 0 saturated heterocycles. The number of sulfonamides is 2. The molecular formula is C25H31N3O7S4. The molecule has 10 nitrogen and oxygen atoms in total. The molecule has 1 aromatic carbocycles. The Morgan fingerprint density at radius 3 is 2.41 bits per heavy atom. The van der Waals surface area contributed by atoms with Crippen LogP contribution in [0.4, 0.5) is 5.69 Å². The number of thiophene rings is 2. The first-order chi connectivity index (χ1) is 18.4. The van der Waals surface area contributed by atoms with Gasteiger partial charge in [0.15, 0.2) is 0 Å². The van der Waals surface area contributed by atoms with Crippen molar-refractivity contribution in [3.05, 3.63) is 58.8 Å². The van der Waals surface area contributed by atoms with Crippen molar-refractivity contribution in [2.24, 2.45) is 5.92 Å². The van der Waals surface area contributed by atoms with Crippen LogP contribution < -0.4 is 9.46 Å². The molecule has 2 N–H and O–H groups in total. The van der Waals surface area contributed by atoms with Gasteiger partial charge in [0.2, 0.25) is 5.91 Å². The van der Waals surface area contributed by atoms with E-state index < -0.39 is 32.2 Å². The lowest BCUT2D eigenvalue weighted by Crippen LogP contribution is -2.48. The van der Waals surface area contributed by atoms with Crippen LogP contribution in [0, 0.1) is 5.92 Å². The van der Waals surface area contributed by atoms with Crippen LogP contribution in [-0.4, -0.2) is 75.9 Å². The molecule has 1 aliphatic rings. The summed E-state index contributed by atoms with van der Waals surface area (Å²) in [6, 6.07) is 10.6. The van der Waals surface area contributed by atoms with Gasteiger partial charge < -0.3 is 14.7 Å². The molecule has 1 amide bonds. The number of fused-ring (bicyclic) bond motifs is 1. The van der Waals surface area contributed by atoms with E-state index in [1.165, 1.54) is 17.4 Å². The number of rotatable bonds is 9. The van der Waals surface area contributed by atoms with Gasteiger partial charge >= 0.3 is 0 Å². The fourth-order valence-electron chi connectivity index (χ4n) is 4.25. The van der Waals surface area contributed by atoms with Crippen molar-refractivity contribution in [3.63, 3.8) is 0 Å². The van der Waals surface area contributed by atoms with E-state index in [0.717, 1.165) is 22.7 Å². The molecule has 212 valence electrons. The molecule has 0 bridgehead atoms. The molecule has 14 heteroatoms. The van der Waals surface area contributed by atoms with Gasteiger partial charge in [0.1, 0.15) is 20.3 Å². The highest BCUT2D eigenvalue weighted by atomic mass is 32.3. The van der Waals surface area contributed by atoms with E-state index in [4.69, 9.17) is 4.74 Å². The topological polar surface area (TPSA) is 133 Å². The van der Waals surface area contributed by atoms with Crippen molar-refractivity contribution in [2.45, 2.75) is 40.8 Å².